The van der Waals surface area contributed by atoms with Crippen LogP contribution in [0.3, 0.4) is 0 Å². The van der Waals surface area contributed by atoms with Crippen molar-refractivity contribution < 1.29 is 80.5 Å². The number of hydrogen-bond acceptors (Lipinski definition) is 13. The molecule has 3 rings (SSSR count). The van der Waals surface area contributed by atoms with E-state index in [4.69, 9.17) is 75.5 Å². The highest BCUT2D eigenvalue weighted by Gasteiger charge is 2.31. The zero-order chi connectivity index (χ0) is 54.6. The molecule has 27 heteroatoms. The number of aliphatic carboxylic acids is 1. The number of carboxylic acid groups (broad SMARTS) is 1. The average molecular weight is 1110 g/mol. The van der Waals surface area contributed by atoms with Crippen molar-refractivity contribution in [3.05, 3.63) is 117 Å². The van der Waals surface area contributed by atoms with Gasteiger partial charge in [-0.3, -0.25) is 34.4 Å². The van der Waals surface area contributed by atoms with Gasteiger partial charge in [0.1, 0.15) is 22.9 Å². The fraction of sp³-hybridized carbons (Fsp3) is 0.386. The summed E-state index contributed by atoms with van der Waals surface area (Å²) in [4.78, 5) is 85.5. The van der Waals surface area contributed by atoms with Crippen LogP contribution in [0.5, 0.6) is 11.5 Å². The van der Waals surface area contributed by atoms with Crippen LogP contribution in [0.1, 0.15) is 47.8 Å². The second-order valence-corrected chi connectivity index (χ2v) is 17.4. The number of carbonyl (C=O) groups excluding carboxylic acids is 4. The molecule has 0 saturated heterocycles. The Kier molecular flexibility index (Phi) is 30.9. The molecule has 3 aromatic carbocycles. The predicted octanol–water partition coefficient (Wildman–Crippen LogP) is 8.73. The Morgan fingerprint density at radius 1 is 1.00 bits per heavy atom. The Hall–Kier alpha value is -5.29. The number of benzene rings is 3. The summed E-state index contributed by atoms with van der Waals surface area (Å²) in [6.45, 7) is 14.8. The first-order chi connectivity index (χ1) is 33.1. The number of alkyl halides is 6. The van der Waals surface area contributed by atoms with Crippen molar-refractivity contribution in [2.75, 3.05) is 63.6 Å². The number of nitro groups is 1. The number of rotatable bonds is 22. The van der Waals surface area contributed by atoms with Gasteiger partial charge in [-0.25, -0.2) is 9.59 Å². The molecule has 1 unspecified atom stereocenters. The number of esters is 2. The summed E-state index contributed by atoms with van der Waals surface area (Å²) >= 11 is 22.4. The van der Waals surface area contributed by atoms with Gasteiger partial charge < -0.3 is 43.6 Å². The molecular formula is C44H54Cl4F3N4O15P. The average Bonchev–Trinajstić information content (AvgIpc) is 3.28. The number of carboxylic acids is 1. The molecule has 0 saturated carbocycles. The van der Waals surface area contributed by atoms with E-state index in [2.05, 4.69) is 36.2 Å². The van der Waals surface area contributed by atoms with Gasteiger partial charge in [-0.15, -0.1) is 24.8 Å². The summed E-state index contributed by atoms with van der Waals surface area (Å²) in [5, 5.41) is 20.9. The molecule has 71 heavy (non-hydrogen) atoms. The maximum absolute atomic E-state index is 12.7. The molecule has 3 aromatic rings. The van der Waals surface area contributed by atoms with Gasteiger partial charge in [0.05, 0.1) is 53.3 Å². The van der Waals surface area contributed by atoms with E-state index in [-0.39, 0.29) is 46.9 Å². The Balaban J connectivity index is 0.00000102. The molecule has 0 aromatic heterocycles. The molecular weight excluding hydrogens is 1050 g/mol. The second kappa shape index (κ2) is 33.4. The Bertz CT molecular complexity index is 2310. The number of ether oxygens (including phenoxy) is 4. The molecule has 0 heterocycles. The van der Waals surface area contributed by atoms with Crippen LogP contribution in [0, 0.1) is 17.0 Å². The number of amides is 2. The summed E-state index contributed by atoms with van der Waals surface area (Å²) < 4.78 is 68.0. The van der Waals surface area contributed by atoms with E-state index in [0.717, 1.165) is 53.6 Å². The van der Waals surface area contributed by atoms with E-state index in [9.17, 15) is 51.8 Å². The van der Waals surface area contributed by atoms with Crippen LogP contribution in [-0.4, -0.2) is 124 Å². The predicted molar refractivity (Wildman–Crippen MR) is 262 cm³/mol. The minimum atomic E-state index is -4.61. The zero-order valence-electron chi connectivity index (χ0n) is 39.0. The quantitative estimate of drug-likeness (QED) is 0.0183. The van der Waals surface area contributed by atoms with Crippen LogP contribution < -0.4 is 15.0 Å². The Morgan fingerprint density at radius 2 is 1.62 bits per heavy atom. The number of anilines is 1. The van der Waals surface area contributed by atoms with E-state index in [1.54, 1.807) is 24.2 Å². The zero-order valence-corrected chi connectivity index (χ0v) is 42.9. The highest BCUT2D eigenvalue weighted by atomic mass is 35.5. The topological polar surface area (TPSA) is 262 Å². The van der Waals surface area contributed by atoms with Crippen molar-refractivity contribution in [3.63, 3.8) is 0 Å². The molecule has 0 fully saturated rings. The third kappa shape index (κ3) is 25.1. The lowest BCUT2D eigenvalue weighted by Crippen LogP contribution is -2.43. The standard InChI is InChI=1S/C18H13ClF3NO7.C15H22ClNO2.C8H11Cl2NO.C3H8NO5P/c1-2-28-16(24)9-29-17(25)12-8-11(4-5-14(12)23(26)27)30-15-6-3-10(7-13(15)19)18(20,21)22;1-5-13-8-6-7-11(2)15(13)17(14(18)9-16)12(3)10-19-4;1-3-5-11(6-4-2)8(12)7(9)10;5-3(6)1-4-2-10(7,8)9/h3-8H,2,9H2,1H3;6-8,12H,5,9-10H2,1-4H3;3-4,7H,1-2,5-6H2;4H,1-2H2,(H,5,6)(H2,7,8,9). The van der Waals surface area contributed by atoms with Crippen molar-refractivity contribution >= 4 is 95.1 Å². The molecule has 0 radical (unpaired) electrons. The fourth-order valence-corrected chi connectivity index (χ4v) is 6.55. The van der Waals surface area contributed by atoms with Gasteiger partial charge in [0.25, 0.3) is 11.6 Å². The van der Waals surface area contributed by atoms with E-state index >= 15 is 0 Å². The minimum absolute atomic E-state index is 0.0223. The van der Waals surface area contributed by atoms with Gasteiger partial charge >= 0.3 is 31.7 Å². The highest BCUT2D eigenvalue weighted by Crippen LogP contribution is 2.37. The van der Waals surface area contributed by atoms with Crippen molar-refractivity contribution in [1.82, 2.24) is 10.2 Å². The maximum Gasteiger partial charge on any atom is 0.416 e. The van der Waals surface area contributed by atoms with E-state index in [1.807, 2.05) is 26.0 Å². The van der Waals surface area contributed by atoms with Crippen LogP contribution in [0.2, 0.25) is 5.02 Å². The molecule has 1 atom stereocenters. The van der Waals surface area contributed by atoms with Gasteiger partial charge in [-0.05, 0) is 62.6 Å². The fourth-order valence-electron chi connectivity index (χ4n) is 5.53. The maximum atomic E-state index is 12.7. The van der Waals surface area contributed by atoms with Crippen LogP contribution >= 0.6 is 54.0 Å². The third-order valence-corrected chi connectivity index (χ3v) is 10.00. The molecule has 394 valence electrons. The minimum Gasteiger partial charge on any atom is -0.480 e. The third-order valence-electron chi connectivity index (χ3n) is 8.46. The SMILES string of the molecule is C=CCN(CC=C)C(=O)C(Cl)Cl.CCOC(=O)COC(=O)c1cc(Oc2ccc(C(F)(F)F)cc2Cl)ccc1[N+](=O)[O-].CCc1cccc(C)c1N(C(=O)CCl)C(C)COC.O=C(O)CNCP(=O)(O)O. The molecule has 2 amide bonds. The molecule has 4 N–H and O–H groups in total. The number of para-hydroxylation sites is 1. The smallest absolute Gasteiger partial charge is 0.416 e. The number of aryl methyl sites for hydroxylation is 2. The number of nitrogens with one attached hydrogen (secondary N) is 1. The summed E-state index contributed by atoms with van der Waals surface area (Å²) in [6, 6.07) is 11.4. The monoisotopic (exact) mass is 1110 g/mol. The van der Waals surface area contributed by atoms with Crippen molar-refractivity contribution in [3.8, 4) is 11.5 Å². The van der Waals surface area contributed by atoms with Crippen molar-refractivity contribution in [2.45, 2.75) is 51.2 Å². The van der Waals surface area contributed by atoms with Crippen LogP contribution in [-0.2, 0) is 50.6 Å². The molecule has 0 aliphatic heterocycles. The highest BCUT2D eigenvalue weighted by molar-refractivity contribution is 7.51. The second-order valence-electron chi connectivity index (χ2n) is 14.0. The lowest BCUT2D eigenvalue weighted by molar-refractivity contribution is -0.385. The molecule has 0 spiro atoms. The van der Waals surface area contributed by atoms with Crippen LogP contribution in [0.25, 0.3) is 0 Å². The first kappa shape index (κ1) is 65.7. The van der Waals surface area contributed by atoms with Crippen LogP contribution in [0.4, 0.5) is 24.5 Å². The molecule has 0 aliphatic rings. The van der Waals surface area contributed by atoms with Crippen molar-refractivity contribution in [2.24, 2.45) is 0 Å². The number of methoxy groups -OCH3 is 1. The Labute approximate surface area is 427 Å². The lowest BCUT2D eigenvalue weighted by atomic mass is 10.0. The number of nitro benzene ring substituents is 1. The van der Waals surface area contributed by atoms with Gasteiger partial charge in [0, 0.05) is 32.3 Å². The van der Waals surface area contributed by atoms with Gasteiger partial charge in [-0.1, -0.05) is 72.1 Å². The van der Waals surface area contributed by atoms with Crippen molar-refractivity contribution in [1.29, 1.82) is 0 Å². The van der Waals surface area contributed by atoms with E-state index in [0.29, 0.717) is 25.8 Å². The number of halogens is 7. The molecule has 0 bridgehead atoms. The number of nitrogens with zero attached hydrogens (tertiary/aromatic N) is 3. The summed E-state index contributed by atoms with van der Waals surface area (Å²) in [6.07, 6.45) is -1.11. The number of hydrogen-bond donors (Lipinski definition) is 4. The summed E-state index contributed by atoms with van der Waals surface area (Å²) in [5.41, 5.74) is 1.05. The largest absolute Gasteiger partial charge is 0.480 e. The summed E-state index contributed by atoms with van der Waals surface area (Å²) in [5.74, 6) is -3.93. The van der Waals surface area contributed by atoms with Gasteiger partial charge in [0.2, 0.25) is 5.91 Å². The molecule has 19 nitrogen and oxygen atoms in total. The van der Waals surface area contributed by atoms with E-state index < -0.39 is 77.7 Å². The van der Waals surface area contributed by atoms with Crippen LogP contribution in [0.15, 0.2) is 79.9 Å². The molecule has 0 aliphatic carbocycles. The normalized spacial score (nSPS) is 11.1. The first-order valence-corrected chi connectivity index (χ1v) is 24.1. The Morgan fingerprint density at radius 3 is 2.08 bits per heavy atom. The number of carbonyl (C=O) groups is 5. The van der Waals surface area contributed by atoms with E-state index in [1.165, 1.54) is 11.8 Å². The van der Waals surface area contributed by atoms with Gasteiger partial charge in [-0.2, -0.15) is 13.2 Å². The van der Waals surface area contributed by atoms with Gasteiger partial charge in [0.15, 0.2) is 11.4 Å². The first-order valence-electron chi connectivity index (χ1n) is 20.5. The summed E-state index contributed by atoms with van der Waals surface area (Å²) in [7, 11) is -2.46. The lowest BCUT2D eigenvalue weighted by Gasteiger charge is -2.31.